The van der Waals surface area contributed by atoms with Gasteiger partial charge >= 0.3 is 0 Å². The van der Waals surface area contributed by atoms with Crippen molar-refractivity contribution in [3.8, 4) is 11.1 Å². The van der Waals surface area contributed by atoms with Crippen molar-refractivity contribution in [2.24, 2.45) is 0 Å². The number of fused-ring (bicyclic) bond motifs is 3. The first-order chi connectivity index (χ1) is 10.9. The Bertz CT molecular complexity index is 820. The second kappa shape index (κ2) is 5.50. The quantitative estimate of drug-likeness (QED) is 0.434. The number of hydrogen-bond donors (Lipinski definition) is 0. The smallest absolute Gasteiger partial charge is 0.00990 e. The van der Waals surface area contributed by atoms with E-state index in [9.17, 15) is 0 Å². The third kappa shape index (κ3) is 2.19. The summed E-state index contributed by atoms with van der Waals surface area (Å²) in [5, 5.41) is 0. The minimum Gasteiger partial charge on any atom is -0.0622 e. The molecule has 1 aliphatic rings. The van der Waals surface area contributed by atoms with E-state index in [1.807, 2.05) is 6.07 Å². The van der Waals surface area contributed by atoms with Crippen molar-refractivity contribution in [2.75, 3.05) is 0 Å². The molecular formula is C22H16. The van der Waals surface area contributed by atoms with Gasteiger partial charge in [-0.25, -0.2) is 0 Å². The third-order valence-corrected chi connectivity index (χ3v) is 4.08. The lowest BCUT2D eigenvalue weighted by atomic mass is 10.0. The van der Waals surface area contributed by atoms with Crippen molar-refractivity contribution in [3.63, 3.8) is 0 Å². The first kappa shape index (κ1) is 12.8. The lowest BCUT2D eigenvalue weighted by molar-refractivity contribution is 1.65. The van der Waals surface area contributed by atoms with Crippen LogP contribution >= 0.6 is 0 Å². The summed E-state index contributed by atoms with van der Waals surface area (Å²) >= 11 is 0. The van der Waals surface area contributed by atoms with Gasteiger partial charge in [-0.1, -0.05) is 97.1 Å². The molecule has 4 rings (SSSR count). The number of rotatable bonds is 2. The summed E-state index contributed by atoms with van der Waals surface area (Å²) in [6.45, 7) is 0. The minimum atomic E-state index is 1.22. The molecule has 3 aromatic rings. The second-order valence-electron chi connectivity index (χ2n) is 5.44. The average Bonchev–Trinajstić information content (AvgIpc) is 2.91. The predicted molar refractivity (Wildman–Crippen MR) is 94.4 cm³/mol. The zero-order valence-electron chi connectivity index (χ0n) is 12.2. The van der Waals surface area contributed by atoms with Gasteiger partial charge in [0, 0.05) is 0 Å². The molecule has 0 amide bonds. The molecule has 0 atom stereocenters. The van der Waals surface area contributed by atoms with E-state index in [0.29, 0.717) is 0 Å². The topological polar surface area (TPSA) is 0 Å². The van der Waals surface area contributed by atoms with E-state index in [1.165, 1.54) is 33.4 Å². The highest BCUT2D eigenvalue weighted by Gasteiger charge is 2.21. The summed E-state index contributed by atoms with van der Waals surface area (Å²) in [4.78, 5) is 0. The summed E-state index contributed by atoms with van der Waals surface area (Å²) < 4.78 is 0. The maximum atomic E-state index is 2.22. The molecule has 3 aromatic carbocycles. The van der Waals surface area contributed by atoms with Crippen LogP contribution in [0.4, 0.5) is 0 Å². The highest BCUT2D eigenvalue weighted by atomic mass is 14.2. The maximum Gasteiger partial charge on any atom is -0.00990 e. The Morgan fingerprint density at radius 3 is 1.59 bits per heavy atom. The lowest BCUT2D eigenvalue weighted by Gasteiger charge is -2.00. The van der Waals surface area contributed by atoms with Crippen LogP contribution in [0.1, 0.15) is 16.7 Å². The van der Waals surface area contributed by atoms with Crippen molar-refractivity contribution >= 4 is 11.6 Å². The molecule has 0 heteroatoms. The molecule has 0 N–H and O–H groups in total. The molecule has 0 unspecified atom stereocenters. The molecule has 0 radical (unpaired) electrons. The van der Waals surface area contributed by atoms with Crippen LogP contribution in [0, 0.1) is 0 Å². The van der Waals surface area contributed by atoms with Crippen LogP contribution in [0.3, 0.4) is 0 Å². The fraction of sp³-hybridized carbons (Fsp3) is 0. The first-order valence-corrected chi connectivity index (χ1v) is 7.56. The molecule has 22 heavy (non-hydrogen) atoms. The van der Waals surface area contributed by atoms with Crippen LogP contribution in [-0.2, 0) is 0 Å². The van der Waals surface area contributed by atoms with E-state index in [0.717, 1.165) is 0 Å². The molecule has 104 valence electrons. The van der Waals surface area contributed by atoms with Gasteiger partial charge in [0.05, 0.1) is 0 Å². The molecule has 0 saturated carbocycles. The van der Waals surface area contributed by atoms with Gasteiger partial charge in [-0.2, -0.15) is 0 Å². The average molecular weight is 280 g/mol. The minimum absolute atomic E-state index is 1.22. The molecule has 0 heterocycles. The zero-order valence-corrected chi connectivity index (χ0v) is 12.2. The fourth-order valence-corrected chi connectivity index (χ4v) is 3.05. The monoisotopic (exact) mass is 280 g/mol. The van der Waals surface area contributed by atoms with Crippen LogP contribution in [-0.4, -0.2) is 0 Å². The van der Waals surface area contributed by atoms with Crippen molar-refractivity contribution in [1.82, 2.24) is 0 Å². The van der Waals surface area contributed by atoms with Gasteiger partial charge in [0.15, 0.2) is 0 Å². The second-order valence-corrected chi connectivity index (χ2v) is 5.44. The van der Waals surface area contributed by atoms with E-state index < -0.39 is 0 Å². The molecular weight excluding hydrogens is 264 g/mol. The summed E-state index contributed by atoms with van der Waals surface area (Å²) in [6, 6.07) is 27.7. The fourth-order valence-electron chi connectivity index (χ4n) is 3.05. The highest BCUT2D eigenvalue weighted by Crippen LogP contribution is 2.43. The van der Waals surface area contributed by atoms with E-state index in [2.05, 4.69) is 91.0 Å². The Kier molecular flexibility index (Phi) is 3.21. The first-order valence-electron chi connectivity index (χ1n) is 7.56. The normalized spacial score (nSPS) is 12.3. The van der Waals surface area contributed by atoms with Gasteiger partial charge in [0.25, 0.3) is 0 Å². The molecule has 0 aromatic heterocycles. The largest absolute Gasteiger partial charge is 0.0622 e. The standard InChI is InChI=1S/C22H16/c1-2-9-17(10-3-1)11-8-16-22-20-14-6-4-12-18(20)19-13-5-7-15-21(19)22/h1-16H/b11-8-. The molecule has 0 spiro atoms. The summed E-state index contributed by atoms with van der Waals surface area (Å²) in [6.07, 6.45) is 6.51. The molecule has 0 nitrogen and oxygen atoms in total. The number of benzene rings is 3. The van der Waals surface area contributed by atoms with Gasteiger partial charge < -0.3 is 0 Å². The highest BCUT2D eigenvalue weighted by molar-refractivity contribution is 6.01. The number of allylic oxidation sites excluding steroid dienone is 2. The SMILES string of the molecule is C(/C=C\c1ccccc1)=C1c2ccccc2-c2ccccc21. The van der Waals surface area contributed by atoms with Gasteiger partial charge in [-0.15, -0.1) is 0 Å². The molecule has 0 bridgehead atoms. The van der Waals surface area contributed by atoms with Crippen molar-refractivity contribution in [1.29, 1.82) is 0 Å². The van der Waals surface area contributed by atoms with E-state index in [1.54, 1.807) is 0 Å². The zero-order chi connectivity index (χ0) is 14.8. The Morgan fingerprint density at radius 2 is 1.00 bits per heavy atom. The van der Waals surface area contributed by atoms with E-state index in [-0.39, 0.29) is 0 Å². The summed E-state index contributed by atoms with van der Waals surface area (Å²) in [5.41, 5.74) is 7.83. The van der Waals surface area contributed by atoms with E-state index in [4.69, 9.17) is 0 Å². The molecule has 1 aliphatic carbocycles. The third-order valence-electron chi connectivity index (χ3n) is 4.08. The van der Waals surface area contributed by atoms with Crippen molar-refractivity contribution in [2.45, 2.75) is 0 Å². The van der Waals surface area contributed by atoms with Gasteiger partial charge in [0.2, 0.25) is 0 Å². The van der Waals surface area contributed by atoms with Gasteiger partial charge in [-0.3, -0.25) is 0 Å². The van der Waals surface area contributed by atoms with Crippen LogP contribution < -0.4 is 0 Å². The van der Waals surface area contributed by atoms with E-state index >= 15 is 0 Å². The number of hydrogen-bond acceptors (Lipinski definition) is 0. The summed E-state index contributed by atoms with van der Waals surface area (Å²) in [7, 11) is 0. The van der Waals surface area contributed by atoms with Gasteiger partial charge in [0.1, 0.15) is 0 Å². The predicted octanol–water partition coefficient (Wildman–Crippen LogP) is 5.81. The molecule has 0 aliphatic heterocycles. The Hall–Kier alpha value is -2.86. The Labute approximate surface area is 131 Å². The van der Waals surface area contributed by atoms with Crippen LogP contribution in [0.2, 0.25) is 0 Å². The Morgan fingerprint density at radius 1 is 0.500 bits per heavy atom. The molecule has 0 saturated heterocycles. The van der Waals surface area contributed by atoms with Crippen molar-refractivity contribution < 1.29 is 0 Å². The van der Waals surface area contributed by atoms with Crippen LogP contribution in [0.5, 0.6) is 0 Å². The Balaban J connectivity index is 1.78. The van der Waals surface area contributed by atoms with Crippen molar-refractivity contribution in [3.05, 3.63) is 108 Å². The maximum absolute atomic E-state index is 2.22. The van der Waals surface area contributed by atoms with Crippen LogP contribution in [0.15, 0.2) is 91.0 Å². The van der Waals surface area contributed by atoms with Crippen LogP contribution in [0.25, 0.3) is 22.8 Å². The summed E-state index contributed by atoms with van der Waals surface area (Å²) in [5.74, 6) is 0. The lowest BCUT2D eigenvalue weighted by Crippen LogP contribution is -1.79. The molecule has 0 fully saturated rings. The van der Waals surface area contributed by atoms with Gasteiger partial charge in [-0.05, 0) is 33.4 Å².